The molecule has 4 heterocycles. The Bertz CT molecular complexity index is 2520. The summed E-state index contributed by atoms with van der Waals surface area (Å²) in [4.78, 5) is 72.5. The van der Waals surface area contributed by atoms with Crippen molar-refractivity contribution in [2.24, 2.45) is 7.05 Å². The molecule has 2 aliphatic rings. The maximum Gasteiger partial charge on any atom is 0.255 e. The van der Waals surface area contributed by atoms with Crippen molar-refractivity contribution in [2.75, 3.05) is 56.9 Å². The largest absolute Gasteiger partial charge is 0.494 e. The number of hydrogen-bond acceptors (Lipinski definition) is 14. The summed E-state index contributed by atoms with van der Waals surface area (Å²) in [5.41, 5.74) is 4.64. The second-order valence-electron chi connectivity index (χ2n) is 16.8. The van der Waals surface area contributed by atoms with Crippen LogP contribution in [0.25, 0.3) is 11.5 Å². The van der Waals surface area contributed by atoms with Gasteiger partial charge in [-0.15, -0.1) is 10.2 Å². The molecule has 19 nitrogen and oxygen atoms in total. The number of fused-ring (bicyclic) bond motifs is 1. The molecule has 69 heavy (non-hydrogen) atoms. The minimum absolute atomic E-state index is 0.175. The monoisotopic (exact) mass is 944 g/mol. The number of piperidine rings is 1. The third-order valence-corrected chi connectivity index (χ3v) is 11.8. The highest BCUT2D eigenvalue weighted by molar-refractivity contribution is 6.06. The predicted molar refractivity (Wildman–Crippen MR) is 255 cm³/mol. The van der Waals surface area contributed by atoms with Crippen molar-refractivity contribution in [3.8, 4) is 17.3 Å². The Kier molecular flexibility index (Phi) is 18.3. The van der Waals surface area contributed by atoms with Crippen LogP contribution in [0.1, 0.15) is 102 Å². The number of carbonyl (C=O) groups excluding carboxylic acids is 5. The van der Waals surface area contributed by atoms with Crippen molar-refractivity contribution in [1.82, 2.24) is 40.3 Å². The number of carbonyl (C=O) groups is 5. The molecule has 0 bridgehead atoms. The number of amides is 5. The Morgan fingerprint density at radius 1 is 0.841 bits per heavy atom. The Balaban J connectivity index is 0.664. The van der Waals surface area contributed by atoms with Crippen molar-refractivity contribution < 1.29 is 42.9 Å². The molecule has 364 valence electrons. The minimum atomic E-state index is -0.716. The summed E-state index contributed by atoms with van der Waals surface area (Å²) in [6.07, 6.45) is 8.31. The van der Waals surface area contributed by atoms with E-state index in [9.17, 15) is 24.0 Å². The molecule has 2 atom stereocenters. The molecule has 0 aliphatic carbocycles. The van der Waals surface area contributed by atoms with E-state index in [1.807, 2.05) is 61.0 Å². The van der Waals surface area contributed by atoms with E-state index in [4.69, 9.17) is 18.9 Å². The van der Waals surface area contributed by atoms with Gasteiger partial charge in [-0.3, -0.25) is 29.3 Å². The quantitative estimate of drug-likeness (QED) is 0.0374. The summed E-state index contributed by atoms with van der Waals surface area (Å²) in [6, 6.07) is 21.1. The SMILES string of the molecule is CC(NC(=O)c1cccc(NCc2nnc(-c3ccncn3)n2C)c1)c1ccc(OCCCCCCOCCOCCOCCCC(=O)Nc2cccc3c2CN(C2CCC(=O)NC2=O)C3=O)cc1. The molecule has 1 saturated heterocycles. The molecule has 1 fully saturated rings. The van der Waals surface area contributed by atoms with Crippen LogP contribution in [-0.2, 0) is 48.7 Å². The van der Waals surface area contributed by atoms with Crippen molar-refractivity contribution in [2.45, 2.75) is 83.5 Å². The first-order valence-electron chi connectivity index (χ1n) is 23.5. The van der Waals surface area contributed by atoms with Crippen LogP contribution in [0.3, 0.4) is 0 Å². The van der Waals surface area contributed by atoms with Crippen molar-refractivity contribution in [1.29, 1.82) is 0 Å². The van der Waals surface area contributed by atoms with Gasteiger partial charge in [0.25, 0.3) is 11.8 Å². The van der Waals surface area contributed by atoms with Gasteiger partial charge in [-0.05, 0) is 93.1 Å². The molecule has 2 unspecified atom stereocenters. The van der Waals surface area contributed by atoms with E-state index < -0.39 is 11.9 Å². The Hall–Kier alpha value is -7.09. The van der Waals surface area contributed by atoms with Crippen molar-refractivity contribution >= 4 is 40.9 Å². The van der Waals surface area contributed by atoms with Crippen LogP contribution in [0.2, 0.25) is 0 Å². The van der Waals surface area contributed by atoms with Crippen LogP contribution in [-0.4, -0.2) is 111 Å². The van der Waals surface area contributed by atoms with Gasteiger partial charge in [-0.25, -0.2) is 9.97 Å². The smallest absolute Gasteiger partial charge is 0.255 e. The van der Waals surface area contributed by atoms with E-state index in [2.05, 4.69) is 41.4 Å². The number of benzene rings is 3. The molecule has 5 aromatic rings. The Morgan fingerprint density at radius 2 is 1.58 bits per heavy atom. The fourth-order valence-corrected chi connectivity index (χ4v) is 7.97. The van der Waals surface area contributed by atoms with E-state index in [1.54, 1.807) is 36.5 Å². The summed E-state index contributed by atoms with van der Waals surface area (Å²) < 4.78 is 24.8. The maximum atomic E-state index is 13.2. The first-order valence-corrected chi connectivity index (χ1v) is 23.5. The van der Waals surface area contributed by atoms with Gasteiger partial charge in [0.2, 0.25) is 17.7 Å². The Morgan fingerprint density at radius 3 is 2.33 bits per heavy atom. The second-order valence-corrected chi connectivity index (χ2v) is 16.8. The van der Waals surface area contributed by atoms with Crippen LogP contribution in [0.5, 0.6) is 5.75 Å². The lowest BCUT2D eigenvalue weighted by Crippen LogP contribution is -2.52. The summed E-state index contributed by atoms with van der Waals surface area (Å²) >= 11 is 0. The van der Waals surface area contributed by atoms with Crippen LogP contribution in [0, 0.1) is 0 Å². The molecule has 2 aromatic heterocycles. The molecule has 4 N–H and O–H groups in total. The first-order chi connectivity index (χ1) is 33.6. The molecular formula is C50H60N10O9. The third kappa shape index (κ3) is 14.2. The molecular weight excluding hydrogens is 885 g/mol. The van der Waals surface area contributed by atoms with Crippen LogP contribution < -0.4 is 26.0 Å². The van der Waals surface area contributed by atoms with Gasteiger partial charge in [0, 0.05) is 73.9 Å². The summed E-state index contributed by atoms with van der Waals surface area (Å²) in [7, 11) is 1.88. The molecule has 0 spiro atoms. The zero-order chi connectivity index (χ0) is 48.4. The van der Waals surface area contributed by atoms with Crippen LogP contribution in [0.4, 0.5) is 11.4 Å². The van der Waals surface area contributed by atoms with E-state index in [0.717, 1.165) is 48.5 Å². The topological polar surface area (TPSA) is 230 Å². The predicted octanol–water partition coefficient (Wildman–Crippen LogP) is 5.54. The molecule has 2 aliphatic heterocycles. The van der Waals surface area contributed by atoms with Gasteiger partial charge < -0.3 is 44.4 Å². The highest BCUT2D eigenvalue weighted by Crippen LogP contribution is 2.32. The second kappa shape index (κ2) is 25.3. The normalized spacial score (nSPS) is 14.8. The summed E-state index contributed by atoms with van der Waals surface area (Å²) in [5.74, 6) is 0.682. The van der Waals surface area contributed by atoms with E-state index in [0.29, 0.717) is 93.1 Å². The van der Waals surface area contributed by atoms with Crippen LogP contribution >= 0.6 is 0 Å². The third-order valence-electron chi connectivity index (χ3n) is 11.8. The van der Waals surface area contributed by atoms with Gasteiger partial charge >= 0.3 is 0 Å². The number of unbranched alkanes of at least 4 members (excludes halogenated alkanes) is 3. The van der Waals surface area contributed by atoms with Gasteiger partial charge in [0.15, 0.2) is 11.6 Å². The lowest BCUT2D eigenvalue weighted by Gasteiger charge is -2.29. The zero-order valence-electron chi connectivity index (χ0n) is 39.1. The number of nitrogens with zero attached hydrogens (tertiary/aromatic N) is 6. The Labute approximate surface area is 401 Å². The molecule has 0 radical (unpaired) electrons. The van der Waals surface area contributed by atoms with Gasteiger partial charge in [-0.1, -0.05) is 30.7 Å². The average Bonchev–Trinajstić information content (AvgIpc) is 3.90. The number of rotatable bonds is 27. The lowest BCUT2D eigenvalue weighted by molar-refractivity contribution is -0.137. The molecule has 5 amide bonds. The molecule has 19 heteroatoms. The number of hydrogen-bond donors (Lipinski definition) is 4. The number of aromatic nitrogens is 5. The molecule has 3 aromatic carbocycles. The summed E-state index contributed by atoms with van der Waals surface area (Å²) in [5, 5.41) is 20.2. The maximum absolute atomic E-state index is 13.2. The van der Waals surface area contributed by atoms with Crippen molar-refractivity contribution in [3.05, 3.63) is 113 Å². The zero-order valence-corrected chi connectivity index (χ0v) is 39.1. The minimum Gasteiger partial charge on any atom is -0.494 e. The summed E-state index contributed by atoms with van der Waals surface area (Å²) in [6.45, 7) is 6.06. The van der Waals surface area contributed by atoms with E-state index >= 15 is 0 Å². The van der Waals surface area contributed by atoms with Gasteiger partial charge in [-0.2, -0.15) is 0 Å². The fourth-order valence-electron chi connectivity index (χ4n) is 7.97. The molecule has 7 rings (SSSR count). The number of imide groups is 1. The average molecular weight is 945 g/mol. The fraction of sp³-hybridized carbons (Fsp3) is 0.420. The lowest BCUT2D eigenvalue weighted by atomic mass is 10.0. The first kappa shape index (κ1) is 49.8. The van der Waals surface area contributed by atoms with Gasteiger partial charge in [0.1, 0.15) is 23.8 Å². The number of anilines is 2. The molecule has 0 saturated carbocycles. The standard InChI is InChI=1S/C50H60N10O9/c1-34(54-48(63)36-10-7-11-37(30-36)52-31-44-57-58-47(59(44)2)42-21-22-51-33-53-42)35-15-17-38(18-16-35)69-25-6-4-3-5-23-66-26-28-68-29-27-67-24-9-14-45(61)55-41-13-8-12-39-40(41)32-60(50(39)65)43-19-20-46(62)56-49(43)64/h7-8,10-13,15-18,21-22,30,33-34,43,52H,3-6,9,14,19-20,23-29,31-32H2,1-2H3,(H,54,63)(H,55,61)(H,56,62,64). The number of ether oxygens (including phenoxy) is 4. The number of nitrogens with one attached hydrogen (secondary N) is 4. The van der Waals surface area contributed by atoms with Crippen molar-refractivity contribution in [3.63, 3.8) is 0 Å². The highest BCUT2D eigenvalue weighted by Gasteiger charge is 2.40. The van der Waals surface area contributed by atoms with Gasteiger partial charge in [0.05, 0.1) is 45.6 Å². The van der Waals surface area contributed by atoms with E-state index in [-0.39, 0.29) is 55.5 Å². The van der Waals surface area contributed by atoms with E-state index in [1.165, 1.54) is 11.2 Å². The van der Waals surface area contributed by atoms with Crippen LogP contribution in [0.15, 0.2) is 85.3 Å². The highest BCUT2D eigenvalue weighted by atomic mass is 16.5.